The minimum absolute atomic E-state index is 0.0546. The Kier molecular flexibility index (Phi) is 5.41. The van der Waals surface area contributed by atoms with Crippen molar-refractivity contribution >= 4 is 28.3 Å². The predicted octanol–water partition coefficient (Wildman–Crippen LogP) is 4.55. The molecule has 5 rings (SSSR count). The summed E-state index contributed by atoms with van der Waals surface area (Å²) in [6.07, 6.45) is -0.567. The van der Waals surface area contributed by atoms with Crippen LogP contribution in [0.15, 0.2) is 42.6 Å². The third kappa shape index (κ3) is 3.95. The highest BCUT2D eigenvalue weighted by Crippen LogP contribution is 2.32. The predicted molar refractivity (Wildman–Crippen MR) is 118 cm³/mol. The number of alkyl halides is 3. The average molecular weight is 474 g/mol. The number of aromatic nitrogens is 4. The van der Waals surface area contributed by atoms with E-state index in [-0.39, 0.29) is 29.0 Å². The number of fused-ring (bicyclic) bond motifs is 2. The van der Waals surface area contributed by atoms with Crippen LogP contribution in [0.1, 0.15) is 41.7 Å². The second kappa shape index (κ2) is 8.30. The largest absolute Gasteiger partial charge is 0.434 e. The van der Waals surface area contributed by atoms with Gasteiger partial charge in [-0.3, -0.25) is 14.3 Å². The van der Waals surface area contributed by atoms with Crippen molar-refractivity contribution < 1.29 is 22.4 Å². The first-order valence-electron chi connectivity index (χ1n) is 10.9. The molecule has 0 bridgehead atoms. The summed E-state index contributed by atoms with van der Waals surface area (Å²) >= 11 is 0. The van der Waals surface area contributed by atoms with Crippen LogP contribution in [-0.2, 0) is 6.18 Å². The molecule has 178 valence electrons. The number of hydrogen-bond donors (Lipinski definition) is 2. The van der Waals surface area contributed by atoms with Crippen molar-refractivity contribution in [3.8, 4) is 0 Å². The number of nitrogens with one attached hydrogen (secondary N) is 2. The zero-order valence-corrected chi connectivity index (χ0v) is 18.2. The van der Waals surface area contributed by atoms with Crippen LogP contribution >= 0.6 is 0 Å². The van der Waals surface area contributed by atoms with E-state index in [0.29, 0.717) is 29.7 Å². The highest BCUT2D eigenvalue weighted by molar-refractivity contribution is 6.05. The van der Waals surface area contributed by atoms with Crippen LogP contribution < -0.4 is 10.2 Å². The molecule has 0 unspecified atom stereocenters. The minimum Gasteiger partial charge on any atom is -0.358 e. The quantitative estimate of drug-likeness (QED) is 0.426. The molecule has 0 atom stereocenters. The Labute approximate surface area is 191 Å². The summed E-state index contributed by atoms with van der Waals surface area (Å²) in [6, 6.07) is 9.85. The molecule has 0 radical (unpaired) electrons. The molecule has 1 aliphatic rings. The van der Waals surface area contributed by atoms with E-state index in [1.807, 2.05) is 11.9 Å². The number of nitrogens with zero attached hydrogens (tertiary/aromatic N) is 4. The second-order valence-corrected chi connectivity index (χ2v) is 8.57. The molecule has 3 heterocycles. The standard InChI is InChI=1S/C23H22F4N6O/c1-32(19-7-3-6-18-29-17(12-33(18)19)23(25,26)27)14-10-8-13(9-11-14)28-22(34)16-5-2-4-15-20(16)30-31-21(15)24/h2-7,12-14H,8-11H2,1H3,(H,28,34)(H,30,31)/t13-,14+. The third-order valence-electron chi connectivity index (χ3n) is 6.50. The van der Waals surface area contributed by atoms with Gasteiger partial charge in [0.1, 0.15) is 11.5 Å². The summed E-state index contributed by atoms with van der Waals surface area (Å²) in [5.74, 6) is -0.321. The lowest BCUT2D eigenvalue weighted by Gasteiger charge is -2.36. The number of hydrogen-bond acceptors (Lipinski definition) is 4. The molecular formula is C23H22F4N6O. The van der Waals surface area contributed by atoms with Gasteiger partial charge in [-0.15, -0.1) is 5.10 Å². The van der Waals surface area contributed by atoms with Crippen molar-refractivity contribution in [3.05, 3.63) is 59.8 Å². The van der Waals surface area contributed by atoms with Gasteiger partial charge in [0.25, 0.3) is 5.91 Å². The number of amides is 1. The number of para-hydroxylation sites is 1. The Bertz CT molecular complexity index is 1350. The summed E-state index contributed by atoms with van der Waals surface area (Å²) in [7, 11) is 1.86. The maximum atomic E-state index is 13.7. The molecule has 0 aliphatic heterocycles. The Morgan fingerprint density at radius 3 is 2.62 bits per heavy atom. The lowest BCUT2D eigenvalue weighted by molar-refractivity contribution is -0.140. The van der Waals surface area contributed by atoms with Crippen molar-refractivity contribution in [2.24, 2.45) is 0 Å². The summed E-state index contributed by atoms with van der Waals surface area (Å²) in [6.45, 7) is 0. The van der Waals surface area contributed by atoms with Crippen LogP contribution in [0.25, 0.3) is 16.6 Å². The maximum Gasteiger partial charge on any atom is 0.434 e. The molecule has 1 fully saturated rings. The zero-order chi connectivity index (χ0) is 24.0. The number of aromatic amines is 1. The molecular weight excluding hydrogens is 452 g/mol. The normalized spacial score (nSPS) is 19.0. The molecule has 0 spiro atoms. The molecule has 1 aliphatic carbocycles. The molecule has 4 aromatic rings. The van der Waals surface area contributed by atoms with Gasteiger partial charge in [0.05, 0.1) is 16.5 Å². The van der Waals surface area contributed by atoms with Crippen LogP contribution in [-0.4, -0.2) is 44.6 Å². The van der Waals surface area contributed by atoms with E-state index < -0.39 is 17.8 Å². The number of rotatable bonds is 4. The van der Waals surface area contributed by atoms with Gasteiger partial charge in [0, 0.05) is 25.3 Å². The monoisotopic (exact) mass is 474 g/mol. The van der Waals surface area contributed by atoms with Crippen LogP contribution in [0.4, 0.5) is 23.4 Å². The molecule has 0 saturated heterocycles. The smallest absolute Gasteiger partial charge is 0.358 e. The summed E-state index contributed by atoms with van der Waals surface area (Å²) in [4.78, 5) is 18.5. The van der Waals surface area contributed by atoms with Gasteiger partial charge in [-0.2, -0.15) is 17.6 Å². The van der Waals surface area contributed by atoms with E-state index in [9.17, 15) is 22.4 Å². The van der Waals surface area contributed by atoms with E-state index in [2.05, 4.69) is 20.5 Å². The van der Waals surface area contributed by atoms with E-state index in [4.69, 9.17) is 0 Å². The molecule has 3 aromatic heterocycles. The maximum absolute atomic E-state index is 13.7. The Balaban J connectivity index is 1.26. The van der Waals surface area contributed by atoms with Gasteiger partial charge >= 0.3 is 6.18 Å². The number of carbonyl (C=O) groups excluding carboxylic acids is 1. The van der Waals surface area contributed by atoms with E-state index >= 15 is 0 Å². The van der Waals surface area contributed by atoms with E-state index in [1.54, 1.807) is 36.4 Å². The Hall–Kier alpha value is -3.63. The molecule has 1 aromatic carbocycles. The lowest BCUT2D eigenvalue weighted by atomic mass is 9.90. The van der Waals surface area contributed by atoms with Crippen molar-refractivity contribution in [1.82, 2.24) is 24.9 Å². The number of benzene rings is 1. The second-order valence-electron chi connectivity index (χ2n) is 8.57. The van der Waals surface area contributed by atoms with Crippen molar-refractivity contribution in [2.75, 3.05) is 11.9 Å². The number of halogens is 4. The van der Waals surface area contributed by atoms with Crippen molar-refractivity contribution in [1.29, 1.82) is 0 Å². The first-order valence-corrected chi connectivity index (χ1v) is 10.9. The molecule has 1 saturated carbocycles. The SMILES string of the molecule is CN(c1cccc2nc(C(F)(F)F)cn12)[C@H]1CC[C@@H](NC(=O)c2cccc3c(F)n[nH]c23)CC1. The molecule has 11 heteroatoms. The van der Waals surface area contributed by atoms with Gasteiger partial charge < -0.3 is 10.2 Å². The van der Waals surface area contributed by atoms with Gasteiger partial charge in [-0.25, -0.2) is 4.98 Å². The highest BCUT2D eigenvalue weighted by Gasteiger charge is 2.34. The fourth-order valence-electron chi connectivity index (χ4n) is 4.68. The summed E-state index contributed by atoms with van der Waals surface area (Å²) in [5.41, 5.74) is 0.00644. The van der Waals surface area contributed by atoms with Crippen LogP contribution in [0.5, 0.6) is 0 Å². The number of pyridine rings is 1. The third-order valence-corrected chi connectivity index (χ3v) is 6.50. The number of anilines is 1. The summed E-state index contributed by atoms with van der Waals surface area (Å²) in [5, 5.41) is 9.39. The van der Waals surface area contributed by atoms with Crippen LogP contribution in [0.2, 0.25) is 0 Å². The van der Waals surface area contributed by atoms with Gasteiger partial charge in [0.2, 0.25) is 5.95 Å². The fraction of sp³-hybridized carbons (Fsp3) is 0.348. The van der Waals surface area contributed by atoms with E-state index in [0.717, 1.165) is 19.0 Å². The van der Waals surface area contributed by atoms with Crippen molar-refractivity contribution in [3.63, 3.8) is 0 Å². The first-order chi connectivity index (χ1) is 16.2. The summed E-state index contributed by atoms with van der Waals surface area (Å²) < 4.78 is 54.6. The Morgan fingerprint density at radius 1 is 1.15 bits per heavy atom. The molecule has 1 amide bonds. The number of carbonyl (C=O) groups is 1. The van der Waals surface area contributed by atoms with Crippen molar-refractivity contribution in [2.45, 2.75) is 43.9 Å². The van der Waals surface area contributed by atoms with Gasteiger partial charge in [0.15, 0.2) is 5.69 Å². The number of imidazole rings is 1. The topological polar surface area (TPSA) is 78.3 Å². The van der Waals surface area contributed by atoms with Crippen LogP contribution in [0, 0.1) is 5.95 Å². The lowest BCUT2D eigenvalue weighted by Crippen LogP contribution is -2.43. The van der Waals surface area contributed by atoms with E-state index in [1.165, 1.54) is 4.40 Å². The molecule has 7 nitrogen and oxygen atoms in total. The first kappa shape index (κ1) is 22.2. The zero-order valence-electron chi connectivity index (χ0n) is 18.2. The molecule has 34 heavy (non-hydrogen) atoms. The minimum atomic E-state index is -4.51. The van der Waals surface area contributed by atoms with Gasteiger partial charge in [-0.1, -0.05) is 12.1 Å². The fourth-order valence-corrected chi connectivity index (χ4v) is 4.68. The number of H-pyrrole nitrogens is 1. The Morgan fingerprint density at radius 2 is 1.88 bits per heavy atom. The van der Waals surface area contributed by atoms with Gasteiger partial charge in [-0.05, 0) is 49.9 Å². The highest BCUT2D eigenvalue weighted by atomic mass is 19.4. The van der Waals surface area contributed by atoms with Crippen LogP contribution in [0.3, 0.4) is 0 Å². The molecule has 2 N–H and O–H groups in total. The average Bonchev–Trinajstić information content (AvgIpc) is 3.43.